The van der Waals surface area contributed by atoms with Crippen LogP contribution >= 0.6 is 0 Å². The minimum atomic E-state index is -0.858. The summed E-state index contributed by atoms with van der Waals surface area (Å²) in [5.41, 5.74) is 5.19. The number of benzene rings is 1. The van der Waals surface area contributed by atoms with Crippen LogP contribution in [-0.2, 0) is 14.3 Å². The van der Waals surface area contributed by atoms with Crippen molar-refractivity contribution < 1.29 is 23.9 Å². The van der Waals surface area contributed by atoms with Crippen molar-refractivity contribution in [1.29, 1.82) is 0 Å². The second kappa shape index (κ2) is 10.00. The van der Waals surface area contributed by atoms with E-state index in [4.69, 9.17) is 15.2 Å². The number of rotatable bonds is 5. The van der Waals surface area contributed by atoms with Crippen molar-refractivity contribution in [2.45, 2.75) is 59.7 Å². The van der Waals surface area contributed by atoms with Crippen LogP contribution in [0.3, 0.4) is 0 Å². The van der Waals surface area contributed by atoms with Gasteiger partial charge in [0, 0.05) is 25.7 Å². The number of amides is 3. The summed E-state index contributed by atoms with van der Waals surface area (Å²) in [6.45, 7) is 12.4. The second-order valence-corrected chi connectivity index (χ2v) is 9.52. The number of hydrogen-bond donors (Lipinski definition) is 1. The molecule has 0 heterocycles. The summed E-state index contributed by atoms with van der Waals surface area (Å²) in [6, 6.07) is 4.65. The standard InChI is InChI=1S/C22H36N4O5/c1-15(27)26(20(29)31-22(5,6)7)18-14-16(23)10-11-17(18)25(13-12-24(8)9)19(28)30-21(2,3)4/h10-11,14H,12-13,23H2,1-9H3. The van der Waals surface area contributed by atoms with Crippen molar-refractivity contribution in [3.05, 3.63) is 18.2 Å². The van der Waals surface area contributed by atoms with Crippen molar-refractivity contribution in [3.8, 4) is 0 Å². The molecule has 174 valence electrons. The summed E-state index contributed by atoms with van der Waals surface area (Å²) in [5, 5.41) is 0. The lowest BCUT2D eigenvalue weighted by atomic mass is 10.2. The molecule has 1 rings (SSSR count). The first-order valence-electron chi connectivity index (χ1n) is 10.1. The summed E-state index contributed by atoms with van der Waals surface area (Å²) in [5.74, 6) is -0.571. The van der Waals surface area contributed by atoms with Crippen molar-refractivity contribution in [3.63, 3.8) is 0 Å². The van der Waals surface area contributed by atoms with Gasteiger partial charge in [-0.05, 0) is 73.8 Å². The van der Waals surface area contributed by atoms with Gasteiger partial charge in [0.25, 0.3) is 0 Å². The Morgan fingerprint density at radius 1 is 0.871 bits per heavy atom. The van der Waals surface area contributed by atoms with E-state index >= 15 is 0 Å². The molecule has 0 radical (unpaired) electrons. The topological polar surface area (TPSA) is 105 Å². The van der Waals surface area contributed by atoms with E-state index < -0.39 is 29.3 Å². The zero-order valence-corrected chi connectivity index (χ0v) is 20.1. The lowest BCUT2D eigenvalue weighted by Crippen LogP contribution is -2.43. The van der Waals surface area contributed by atoms with E-state index in [0.29, 0.717) is 17.9 Å². The number of anilines is 3. The molecule has 0 bridgehead atoms. The van der Waals surface area contributed by atoms with Crippen molar-refractivity contribution in [1.82, 2.24) is 4.90 Å². The highest BCUT2D eigenvalue weighted by atomic mass is 16.6. The molecule has 9 nitrogen and oxygen atoms in total. The maximum absolute atomic E-state index is 13.0. The molecule has 0 fully saturated rings. The fourth-order valence-corrected chi connectivity index (χ4v) is 2.58. The number of nitrogen functional groups attached to an aromatic ring is 1. The molecule has 0 saturated heterocycles. The Hall–Kier alpha value is -2.81. The maximum Gasteiger partial charge on any atom is 0.421 e. The average Bonchev–Trinajstić information content (AvgIpc) is 2.52. The number of ether oxygens (including phenoxy) is 2. The summed E-state index contributed by atoms with van der Waals surface area (Å²) < 4.78 is 11.0. The van der Waals surface area contributed by atoms with Crippen LogP contribution in [0.25, 0.3) is 0 Å². The van der Waals surface area contributed by atoms with Crippen molar-refractivity contribution in [2.24, 2.45) is 0 Å². The normalized spacial score (nSPS) is 11.8. The molecule has 0 aliphatic carbocycles. The van der Waals surface area contributed by atoms with Gasteiger partial charge in [-0.25, -0.2) is 14.5 Å². The Morgan fingerprint density at radius 2 is 1.39 bits per heavy atom. The Balaban J connectivity index is 3.57. The molecule has 1 aromatic carbocycles. The van der Waals surface area contributed by atoms with Crippen LogP contribution in [0.5, 0.6) is 0 Å². The Bertz CT molecular complexity index is 809. The van der Waals surface area contributed by atoms with E-state index in [0.717, 1.165) is 4.90 Å². The molecule has 0 spiro atoms. The fourth-order valence-electron chi connectivity index (χ4n) is 2.58. The smallest absolute Gasteiger partial charge is 0.421 e. The van der Waals surface area contributed by atoms with Gasteiger partial charge in [-0.2, -0.15) is 0 Å². The number of carbonyl (C=O) groups is 3. The number of likely N-dealkylation sites (N-methyl/N-ethyl adjacent to an activating group) is 1. The highest BCUT2D eigenvalue weighted by molar-refractivity contribution is 6.14. The van der Waals surface area contributed by atoms with Gasteiger partial charge < -0.3 is 20.1 Å². The average molecular weight is 437 g/mol. The predicted molar refractivity (Wildman–Crippen MR) is 122 cm³/mol. The first-order valence-corrected chi connectivity index (χ1v) is 10.1. The van der Waals surface area contributed by atoms with Crippen LogP contribution in [0.4, 0.5) is 26.7 Å². The highest BCUT2D eigenvalue weighted by Gasteiger charge is 2.32. The zero-order valence-electron chi connectivity index (χ0n) is 20.1. The quantitative estimate of drug-likeness (QED) is 0.699. The molecule has 0 unspecified atom stereocenters. The minimum absolute atomic E-state index is 0.145. The molecule has 0 atom stereocenters. The molecule has 0 aliphatic heterocycles. The van der Waals surface area contributed by atoms with E-state index in [2.05, 4.69) is 0 Å². The van der Waals surface area contributed by atoms with Gasteiger partial charge in [0.1, 0.15) is 11.2 Å². The van der Waals surface area contributed by atoms with E-state index in [-0.39, 0.29) is 12.2 Å². The highest BCUT2D eigenvalue weighted by Crippen LogP contribution is 2.34. The number of imide groups is 1. The van der Waals surface area contributed by atoms with Gasteiger partial charge in [0.2, 0.25) is 5.91 Å². The van der Waals surface area contributed by atoms with E-state index in [1.54, 1.807) is 53.7 Å². The van der Waals surface area contributed by atoms with Crippen LogP contribution < -0.4 is 15.5 Å². The largest absolute Gasteiger partial charge is 0.443 e. The van der Waals surface area contributed by atoms with Crippen molar-refractivity contribution in [2.75, 3.05) is 42.7 Å². The van der Waals surface area contributed by atoms with Crippen LogP contribution in [-0.4, -0.2) is 61.4 Å². The van der Waals surface area contributed by atoms with Crippen LogP contribution in [0.1, 0.15) is 48.5 Å². The summed E-state index contributed by atoms with van der Waals surface area (Å²) in [4.78, 5) is 42.5. The van der Waals surface area contributed by atoms with E-state index in [9.17, 15) is 14.4 Å². The SMILES string of the molecule is CC(=O)N(C(=O)OC(C)(C)C)c1cc(N)ccc1N(CCN(C)C)C(=O)OC(C)(C)C. The lowest BCUT2D eigenvalue weighted by molar-refractivity contribution is -0.116. The van der Waals surface area contributed by atoms with E-state index in [1.165, 1.54) is 17.9 Å². The molecule has 1 aromatic rings. The third-order valence-corrected chi connectivity index (χ3v) is 3.81. The molecule has 0 aromatic heterocycles. The number of nitrogens with zero attached hydrogens (tertiary/aromatic N) is 3. The third-order valence-electron chi connectivity index (χ3n) is 3.81. The molecule has 0 aliphatic rings. The third kappa shape index (κ3) is 8.45. The maximum atomic E-state index is 13.0. The molecule has 2 N–H and O–H groups in total. The minimum Gasteiger partial charge on any atom is -0.443 e. The van der Waals surface area contributed by atoms with Gasteiger partial charge in [-0.1, -0.05) is 0 Å². The molecule has 0 saturated carbocycles. The zero-order chi connectivity index (χ0) is 24.1. The van der Waals surface area contributed by atoms with E-state index in [1.807, 2.05) is 19.0 Å². The second-order valence-electron chi connectivity index (χ2n) is 9.52. The molecule has 3 amide bonds. The number of carbonyl (C=O) groups excluding carboxylic acids is 3. The van der Waals surface area contributed by atoms with Gasteiger partial charge in [-0.15, -0.1) is 0 Å². The van der Waals surface area contributed by atoms with Crippen LogP contribution in [0, 0.1) is 0 Å². The molecular formula is C22H36N4O5. The first-order chi connectivity index (χ1) is 14.0. The van der Waals surface area contributed by atoms with Crippen LogP contribution in [0.2, 0.25) is 0 Å². The number of hydrogen-bond acceptors (Lipinski definition) is 7. The summed E-state index contributed by atoms with van der Waals surface area (Å²) >= 11 is 0. The first kappa shape index (κ1) is 26.2. The van der Waals surface area contributed by atoms with Crippen molar-refractivity contribution >= 4 is 35.2 Å². The number of nitrogens with two attached hydrogens (primary N) is 1. The fraction of sp³-hybridized carbons (Fsp3) is 0.591. The lowest BCUT2D eigenvalue weighted by Gasteiger charge is -2.32. The molecular weight excluding hydrogens is 400 g/mol. The summed E-state index contributed by atoms with van der Waals surface area (Å²) in [6.07, 6.45) is -1.46. The summed E-state index contributed by atoms with van der Waals surface area (Å²) in [7, 11) is 3.75. The van der Waals surface area contributed by atoms with Gasteiger partial charge in [-0.3, -0.25) is 9.69 Å². The predicted octanol–water partition coefficient (Wildman–Crippen LogP) is 3.86. The Kier molecular flexibility index (Phi) is 8.46. The molecule has 9 heteroatoms. The van der Waals surface area contributed by atoms with Gasteiger partial charge in [0.05, 0.1) is 11.4 Å². The molecule has 31 heavy (non-hydrogen) atoms. The van der Waals surface area contributed by atoms with Gasteiger partial charge in [0.15, 0.2) is 0 Å². The Morgan fingerprint density at radius 3 is 1.84 bits per heavy atom. The Labute approximate surface area is 185 Å². The monoisotopic (exact) mass is 436 g/mol. The van der Waals surface area contributed by atoms with Crippen LogP contribution in [0.15, 0.2) is 18.2 Å². The van der Waals surface area contributed by atoms with Gasteiger partial charge >= 0.3 is 12.2 Å².